The van der Waals surface area contributed by atoms with E-state index >= 15 is 0 Å². The maximum Gasteiger partial charge on any atom is 0.218 e. The lowest BCUT2D eigenvalue weighted by atomic mass is 10.1. The molecule has 1 aliphatic heterocycles. The highest BCUT2D eigenvalue weighted by atomic mass is 32.1. The Labute approximate surface area is 159 Å². The SMILES string of the molecule is CCc1nsc(Oc2cc(C)c(/N=C/N3CCCCC3)cc2C)c1C#N. The summed E-state index contributed by atoms with van der Waals surface area (Å²) in [4.78, 5) is 6.96. The molecular formula is C20H24N4OS. The minimum atomic E-state index is 0.543. The molecule has 0 bridgehead atoms. The van der Waals surface area contributed by atoms with Gasteiger partial charge in [0.1, 0.15) is 17.4 Å². The highest BCUT2D eigenvalue weighted by molar-refractivity contribution is 7.08. The minimum absolute atomic E-state index is 0.543. The van der Waals surface area contributed by atoms with E-state index in [9.17, 15) is 5.26 Å². The van der Waals surface area contributed by atoms with Crippen molar-refractivity contribution >= 4 is 23.6 Å². The molecule has 2 heterocycles. The van der Waals surface area contributed by atoms with Crippen LogP contribution in [0.15, 0.2) is 17.1 Å². The van der Waals surface area contributed by atoms with E-state index in [0.717, 1.165) is 47.8 Å². The van der Waals surface area contributed by atoms with E-state index in [-0.39, 0.29) is 0 Å². The van der Waals surface area contributed by atoms with E-state index in [4.69, 9.17) is 4.74 Å². The van der Waals surface area contributed by atoms with Crippen LogP contribution in [0.1, 0.15) is 48.6 Å². The first-order valence-electron chi connectivity index (χ1n) is 9.08. The summed E-state index contributed by atoms with van der Waals surface area (Å²) < 4.78 is 10.3. The molecular weight excluding hydrogens is 344 g/mol. The minimum Gasteiger partial charge on any atom is -0.443 e. The van der Waals surface area contributed by atoms with Crippen LogP contribution in [0.25, 0.3) is 0 Å². The standard InChI is InChI=1S/C20H24N4OS/c1-4-17-16(12-21)20(26-23-17)25-19-11-14(2)18(10-15(19)3)22-13-24-8-6-5-7-9-24/h10-11,13H,4-9H2,1-3H3/b22-13+. The third kappa shape index (κ3) is 4.05. The molecule has 0 atom stereocenters. The molecule has 6 heteroatoms. The quantitative estimate of drug-likeness (QED) is 0.542. The first kappa shape index (κ1) is 18.4. The summed E-state index contributed by atoms with van der Waals surface area (Å²) >= 11 is 1.24. The number of nitrogens with zero attached hydrogens (tertiary/aromatic N) is 4. The van der Waals surface area contributed by atoms with E-state index in [1.54, 1.807) is 0 Å². The van der Waals surface area contributed by atoms with Gasteiger partial charge in [0.15, 0.2) is 0 Å². The fourth-order valence-corrected chi connectivity index (χ4v) is 3.82. The van der Waals surface area contributed by atoms with Crippen LogP contribution in [0.4, 0.5) is 5.69 Å². The highest BCUT2D eigenvalue weighted by Crippen LogP contribution is 2.36. The summed E-state index contributed by atoms with van der Waals surface area (Å²) in [5.74, 6) is 0.752. The van der Waals surface area contributed by atoms with Crippen molar-refractivity contribution in [1.82, 2.24) is 9.27 Å². The Balaban J connectivity index is 1.80. The average molecular weight is 369 g/mol. The summed E-state index contributed by atoms with van der Waals surface area (Å²) in [5, 5.41) is 9.94. The number of aryl methyl sites for hydroxylation is 3. The third-order valence-corrected chi connectivity index (χ3v) is 5.39. The van der Waals surface area contributed by atoms with Gasteiger partial charge in [-0.15, -0.1) is 0 Å². The van der Waals surface area contributed by atoms with Gasteiger partial charge in [-0.3, -0.25) is 0 Å². The predicted octanol–water partition coefficient (Wildman–Crippen LogP) is 5.13. The molecule has 0 radical (unpaired) electrons. The molecule has 0 N–H and O–H groups in total. The molecule has 0 unspecified atom stereocenters. The number of rotatable bonds is 5. The van der Waals surface area contributed by atoms with Crippen LogP contribution in [0, 0.1) is 25.2 Å². The fourth-order valence-electron chi connectivity index (χ4n) is 3.03. The van der Waals surface area contributed by atoms with Crippen LogP contribution in [-0.2, 0) is 6.42 Å². The number of hydrogen-bond acceptors (Lipinski definition) is 5. The van der Waals surface area contributed by atoms with Crippen LogP contribution in [0.3, 0.4) is 0 Å². The molecule has 5 nitrogen and oxygen atoms in total. The molecule has 3 rings (SSSR count). The van der Waals surface area contributed by atoms with Gasteiger partial charge in [-0.2, -0.15) is 9.64 Å². The van der Waals surface area contributed by atoms with Gasteiger partial charge in [-0.05, 0) is 62.8 Å². The number of aliphatic imine (C=N–C) groups is 1. The second kappa shape index (κ2) is 8.33. The highest BCUT2D eigenvalue weighted by Gasteiger charge is 2.16. The van der Waals surface area contributed by atoms with Gasteiger partial charge in [0.25, 0.3) is 0 Å². The van der Waals surface area contributed by atoms with Gasteiger partial charge in [-0.1, -0.05) is 6.92 Å². The van der Waals surface area contributed by atoms with E-state index in [1.807, 2.05) is 39.2 Å². The second-order valence-corrected chi connectivity index (χ2v) is 7.34. The molecule has 2 aromatic rings. The predicted molar refractivity (Wildman–Crippen MR) is 106 cm³/mol. The zero-order valence-corrected chi connectivity index (χ0v) is 16.4. The maximum atomic E-state index is 9.37. The lowest BCUT2D eigenvalue weighted by Crippen LogP contribution is -2.28. The van der Waals surface area contributed by atoms with Crippen LogP contribution >= 0.6 is 11.5 Å². The Hall–Kier alpha value is -2.39. The first-order chi connectivity index (χ1) is 12.6. The largest absolute Gasteiger partial charge is 0.443 e. The van der Waals surface area contributed by atoms with Gasteiger partial charge in [0.05, 0.1) is 17.7 Å². The summed E-state index contributed by atoms with van der Waals surface area (Å²) in [6.07, 6.45) is 6.49. The second-order valence-electron chi connectivity index (χ2n) is 6.60. The molecule has 1 aromatic heterocycles. The lowest BCUT2D eigenvalue weighted by Gasteiger charge is -2.23. The van der Waals surface area contributed by atoms with Gasteiger partial charge >= 0.3 is 0 Å². The molecule has 26 heavy (non-hydrogen) atoms. The summed E-state index contributed by atoms with van der Waals surface area (Å²) in [7, 11) is 0. The van der Waals surface area contributed by atoms with E-state index in [0.29, 0.717) is 10.6 Å². The number of ether oxygens (including phenoxy) is 1. The van der Waals surface area contributed by atoms with Crippen molar-refractivity contribution in [2.75, 3.05) is 13.1 Å². The number of aromatic nitrogens is 1. The van der Waals surface area contributed by atoms with Gasteiger partial charge < -0.3 is 9.64 Å². The Kier molecular flexibility index (Phi) is 5.89. The Morgan fingerprint density at radius 3 is 2.73 bits per heavy atom. The monoisotopic (exact) mass is 368 g/mol. The van der Waals surface area contributed by atoms with Crippen LogP contribution in [0.2, 0.25) is 0 Å². The average Bonchev–Trinajstić information content (AvgIpc) is 3.05. The summed E-state index contributed by atoms with van der Waals surface area (Å²) in [5.41, 5.74) is 4.35. The van der Waals surface area contributed by atoms with Gasteiger partial charge in [0, 0.05) is 24.6 Å². The van der Waals surface area contributed by atoms with Crippen molar-refractivity contribution in [1.29, 1.82) is 5.26 Å². The van der Waals surface area contributed by atoms with Crippen molar-refractivity contribution in [3.8, 4) is 16.9 Å². The van der Waals surface area contributed by atoms with Crippen LogP contribution in [0.5, 0.6) is 10.8 Å². The number of benzene rings is 1. The zero-order valence-electron chi connectivity index (χ0n) is 15.6. The zero-order chi connectivity index (χ0) is 18.5. The van der Waals surface area contributed by atoms with Crippen LogP contribution in [-0.4, -0.2) is 28.7 Å². The molecule has 136 valence electrons. The Morgan fingerprint density at radius 2 is 2.04 bits per heavy atom. The molecule has 0 saturated carbocycles. The van der Waals surface area contributed by atoms with Gasteiger partial charge in [-0.25, -0.2) is 4.99 Å². The van der Waals surface area contributed by atoms with Crippen LogP contribution < -0.4 is 4.74 Å². The molecule has 0 aliphatic carbocycles. The Bertz CT molecular complexity index is 844. The third-order valence-electron chi connectivity index (χ3n) is 4.63. The summed E-state index contributed by atoms with van der Waals surface area (Å²) in [6.45, 7) is 8.20. The van der Waals surface area contributed by atoms with Crippen molar-refractivity contribution in [2.45, 2.75) is 46.5 Å². The van der Waals surface area contributed by atoms with E-state index in [1.165, 1.54) is 30.8 Å². The van der Waals surface area contributed by atoms with Crippen molar-refractivity contribution in [2.24, 2.45) is 4.99 Å². The number of nitriles is 1. The maximum absolute atomic E-state index is 9.37. The molecule has 1 aliphatic rings. The van der Waals surface area contributed by atoms with Crippen molar-refractivity contribution in [3.63, 3.8) is 0 Å². The van der Waals surface area contributed by atoms with E-state index in [2.05, 4.69) is 20.3 Å². The number of piperidine rings is 1. The molecule has 1 fully saturated rings. The molecule has 0 spiro atoms. The first-order valence-corrected chi connectivity index (χ1v) is 9.85. The molecule has 1 saturated heterocycles. The van der Waals surface area contributed by atoms with Gasteiger partial charge in [0.2, 0.25) is 5.06 Å². The fraction of sp³-hybridized carbons (Fsp3) is 0.450. The Morgan fingerprint density at radius 1 is 1.27 bits per heavy atom. The molecule has 1 aromatic carbocycles. The smallest absolute Gasteiger partial charge is 0.218 e. The normalized spacial score (nSPS) is 14.6. The molecule has 0 amide bonds. The lowest BCUT2D eigenvalue weighted by molar-refractivity contribution is 0.351. The van der Waals surface area contributed by atoms with E-state index < -0.39 is 0 Å². The number of likely N-dealkylation sites (tertiary alicyclic amines) is 1. The topological polar surface area (TPSA) is 61.5 Å². The van der Waals surface area contributed by atoms with Crippen molar-refractivity contribution < 1.29 is 4.74 Å². The van der Waals surface area contributed by atoms with Crippen molar-refractivity contribution in [3.05, 3.63) is 34.5 Å². The summed E-state index contributed by atoms with van der Waals surface area (Å²) in [6, 6.07) is 6.24. The number of hydrogen-bond donors (Lipinski definition) is 0.